The minimum Gasteiger partial charge on any atom is -0.316 e. The second kappa shape index (κ2) is 5.31. The number of imidazole rings is 1. The van der Waals surface area contributed by atoms with Gasteiger partial charge in [0.2, 0.25) is 0 Å². The van der Waals surface area contributed by atoms with Crippen LogP contribution in [0.4, 0.5) is 4.39 Å². The molecule has 1 aromatic carbocycles. The van der Waals surface area contributed by atoms with Crippen molar-refractivity contribution in [2.24, 2.45) is 0 Å². The predicted molar refractivity (Wildman–Crippen MR) is 73.4 cm³/mol. The highest BCUT2D eigenvalue weighted by atomic mass is 35.5. The van der Waals surface area contributed by atoms with E-state index in [-0.39, 0.29) is 5.02 Å². The first kappa shape index (κ1) is 12.6. The molecule has 1 aliphatic rings. The molecule has 2 heterocycles. The molecule has 0 bridgehead atoms. The second-order valence-electron chi connectivity index (χ2n) is 4.83. The van der Waals surface area contributed by atoms with Gasteiger partial charge in [-0.25, -0.2) is 9.37 Å². The summed E-state index contributed by atoms with van der Waals surface area (Å²) in [5.41, 5.74) is 2.00. The highest BCUT2D eigenvalue weighted by Crippen LogP contribution is 2.26. The standard InChI is InChI=1S/C14H15ClFN3/c15-12-6-11(3-4-13(12)16)19-9-18-8-14(19)10-2-1-5-17-7-10/h3-4,6,8-10,17H,1-2,5,7H2. The Morgan fingerprint density at radius 2 is 2.32 bits per heavy atom. The predicted octanol–water partition coefficient (Wildman–Crippen LogP) is 3.13. The Kier molecular flexibility index (Phi) is 3.53. The molecule has 100 valence electrons. The molecule has 19 heavy (non-hydrogen) atoms. The molecule has 3 rings (SSSR count). The van der Waals surface area contributed by atoms with Gasteiger partial charge in [0, 0.05) is 30.0 Å². The van der Waals surface area contributed by atoms with Crippen molar-refractivity contribution in [3.8, 4) is 5.69 Å². The SMILES string of the molecule is Fc1ccc(-n2cncc2C2CCCNC2)cc1Cl. The van der Waals surface area contributed by atoms with Crippen LogP contribution in [-0.4, -0.2) is 22.6 Å². The number of nitrogens with one attached hydrogen (secondary N) is 1. The third-order valence-corrected chi connectivity index (χ3v) is 3.85. The topological polar surface area (TPSA) is 29.9 Å². The summed E-state index contributed by atoms with van der Waals surface area (Å²) in [5, 5.41) is 3.53. The number of halogens is 2. The number of hydrogen-bond acceptors (Lipinski definition) is 2. The van der Waals surface area contributed by atoms with Gasteiger partial charge < -0.3 is 9.88 Å². The number of hydrogen-bond donors (Lipinski definition) is 1. The van der Waals surface area contributed by atoms with Crippen molar-refractivity contribution in [2.45, 2.75) is 18.8 Å². The summed E-state index contributed by atoms with van der Waals surface area (Å²) in [6.45, 7) is 2.04. The lowest BCUT2D eigenvalue weighted by molar-refractivity contribution is 0.451. The molecule has 1 saturated heterocycles. The van der Waals surface area contributed by atoms with Crippen LogP contribution >= 0.6 is 11.6 Å². The van der Waals surface area contributed by atoms with Crippen LogP contribution in [0.15, 0.2) is 30.7 Å². The molecule has 0 amide bonds. The van der Waals surface area contributed by atoms with Crippen molar-refractivity contribution < 1.29 is 4.39 Å². The fourth-order valence-corrected chi connectivity index (χ4v) is 2.74. The molecule has 1 fully saturated rings. The maximum Gasteiger partial charge on any atom is 0.141 e. The van der Waals surface area contributed by atoms with E-state index in [9.17, 15) is 4.39 Å². The summed E-state index contributed by atoms with van der Waals surface area (Å²) in [6.07, 6.45) is 5.95. The van der Waals surface area contributed by atoms with Crippen molar-refractivity contribution in [1.82, 2.24) is 14.9 Å². The molecular weight excluding hydrogens is 265 g/mol. The van der Waals surface area contributed by atoms with Crippen LogP contribution in [0.5, 0.6) is 0 Å². The van der Waals surface area contributed by atoms with Gasteiger partial charge in [-0.15, -0.1) is 0 Å². The zero-order chi connectivity index (χ0) is 13.2. The summed E-state index contributed by atoms with van der Waals surface area (Å²) >= 11 is 5.85. The molecule has 3 nitrogen and oxygen atoms in total. The summed E-state index contributed by atoms with van der Waals surface area (Å²) in [5.74, 6) is 0.0477. The van der Waals surface area contributed by atoms with Gasteiger partial charge in [0.05, 0.1) is 11.3 Å². The van der Waals surface area contributed by atoms with E-state index in [1.165, 1.54) is 12.5 Å². The van der Waals surface area contributed by atoms with Gasteiger partial charge >= 0.3 is 0 Å². The quantitative estimate of drug-likeness (QED) is 0.915. The van der Waals surface area contributed by atoms with E-state index >= 15 is 0 Å². The highest BCUT2D eigenvalue weighted by molar-refractivity contribution is 6.30. The molecule has 5 heteroatoms. The first-order valence-electron chi connectivity index (χ1n) is 6.44. The van der Waals surface area contributed by atoms with Crippen molar-refractivity contribution in [3.63, 3.8) is 0 Å². The average Bonchev–Trinajstić information content (AvgIpc) is 2.92. The largest absolute Gasteiger partial charge is 0.316 e. The number of nitrogens with zero attached hydrogens (tertiary/aromatic N) is 2. The van der Waals surface area contributed by atoms with Gasteiger partial charge in [0.15, 0.2) is 0 Å². The lowest BCUT2D eigenvalue weighted by atomic mass is 9.96. The third-order valence-electron chi connectivity index (χ3n) is 3.56. The molecule has 0 saturated carbocycles. The Hall–Kier alpha value is -1.39. The van der Waals surface area contributed by atoms with E-state index in [2.05, 4.69) is 10.3 Å². The van der Waals surface area contributed by atoms with Crippen molar-refractivity contribution in [1.29, 1.82) is 0 Å². The van der Waals surface area contributed by atoms with Gasteiger partial charge in [0.1, 0.15) is 5.82 Å². The molecule has 1 aromatic heterocycles. The number of aromatic nitrogens is 2. The average molecular weight is 280 g/mol. The minimum atomic E-state index is -0.397. The Balaban J connectivity index is 1.96. The van der Waals surface area contributed by atoms with Gasteiger partial charge in [-0.3, -0.25) is 0 Å². The van der Waals surface area contributed by atoms with E-state index in [4.69, 9.17) is 11.6 Å². The molecule has 0 radical (unpaired) electrons. The number of rotatable bonds is 2. The lowest BCUT2D eigenvalue weighted by Crippen LogP contribution is -2.29. The molecule has 0 aliphatic carbocycles. The normalized spacial score (nSPS) is 19.6. The summed E-state index contributed by atoms with van der Waals surface area (Å²) < 4.78 is 15.2. The summed E-state index contributed by atoms with van der Waals surface area (Å²) in [7, 11) is 0. The zero-order valence-electron chi connectivity index (χ0n) is 10.4. The molecule has 1 unspecified atom stereocenters. The smallest absolute Gasteiger partial charge is 0.141 e. The van der Waals surface area contributed by atoms with E-state index in [1.54, 1.807) is 18.5 Å². The van der Waals surface area contributed by atoms with Gasteiger partial charge in [0.25, 0.3) is 0 Å². The van der Waals surface area contributed by atoms with Gasteiger partial charge in [-0.2, -0.15) is 0 Å². The van der Waals surface area contributed by atoms with Crippen LogP contribution in [0.25, 0.3) is 5.69 Å². The highest BCUT2D eigenvalue weighted by Gasteiger charge is 2.19. The number of benzene rings is 1. The van der Waals surface area contributed by atoms with Crippen LogP contribution in [0.1, 0.15) is 24.5 Å². The van der Waals surface area contributed by atoms with E-state index < -0.39 is 5.82 Å². The van der Waals surface area contributed by atoms with Crippen LogP contribution in [0.3, 0.4) is 0 Å². The van der Waals surface area contributed by atoms with E-state index in [1.807, 2.05) is 10.8 Å². The Bertz CT molecular complexity index is 576. The first-order chi connectivity index (χ1) is 9.25. The van der Waals surface area contributed by atoms with Crippen LogP contribution in [0, 0.1) is 5.82 Å². The first-order valence-corrected chi connectivity index (χ1v) is 6.82. The lowest BCUT2D eigenvalue weighted by Gasteiger charge is -2.23. The summed E-state index contributed by atoms with van der Waals surface area (Å²) in [6, 6.07) is 4.75. The Morgan fingerprint density at radius 1 is 1.42 bits per heavy atom. The summed E-state index contributed by atoms with van der Waals surface area (Å²) in [4.78, 5) is 4.22. The molecular formula is C14H15ClFN3. The fraction of sp³-hybridized carbons (Fsp3) is 0.357. The van der Waals surface area contributed by atoms with Gasteiger partial charge in [-0.1, -0.05) is 11.6 Å². The Morgan fingerprint density at radius 3 is 3.05 bits per heavy atom. The maximum absolute atomic E-state index is 13.2. The number of piperidine rings is 1. The molecule has 2 aromatic rings. The van der Waals surface area contributed by atoms with Crippen LogP contribution in [0.2, 0.25) is 5.02 Å². The van der Waals surface area contributed by atoms with E-state index in [0.29, 0.717) is 5.92 Å². The Labute approximate surface area is 116 Å². The zero-order valence-corrected chi connectivity index (χ0v) is 11.2. The third kappa shape index (κ3) is 2.51. The molecule has 1 atom stereocenters. The monoisotopic (exact) mass is 279 g/mol. The van der Waals surface area contributed by atoms with Crippen molar-refractivity contribution >= 4 is 11.6 Å². The van der Waals surface area contributed by atoms with Crippen LogP contribution < -0.4 is 5.32 Å². The van der Waals surface area contributed by atoms with Crippen molar-refractivity contribution in [2.75, 3.05) is 13.1 Å². The fourth-order valence-electron chi connectivity index (χ4n) is 2.56. The van der Waals surface area contributed by atoms with Crippen LogP contribution in [-0.2, 0) is 0 Å². The molecule has 1 aliphatic heterocycles. The van der Waals surface area contributed by atoms with Crippen molar-refractivity contribution in [3.05, 3.63) is 47.3 Å². The minimum absolute atomic E-state index is 0.138. The maximum atomic E-state index is 13.2. The van der Waals surface area contributed by atoms with Gasteiger partial charge in [-0.05, 0) is 37.6 Å². The molecule has 0 spiro atoms. The molecule has 1 N–H and O–H groups in total. The second-order valence-corrected chi connectivity index (χ2v) is 5.24. The van der Waals surface area contributed by atoms with E-state index in [0.717, 1.165) is 30.9 Å².